The first-order valence-corrected chi connectivity index (χ1v) is 13.0. The number of para-hydroxylation sites is 2. The number of carbonyl (C=O) groups is 2. The first-order chi connectivity index (χ1) is 17.5. The number of anilines is 1. The van der Waals surface area contributed by atoms with Crippen molar-refractivity contribution in [2.45, 2.75) is 18.1 Å². The van der Waals surface area contributed by atoms with Crippen LogP contribution in [0.25, 0.3) is 10.9 Å². The van der Waals surface area contributed by atoms with Gasteiger partial charge in [-0.25, -0.2) is 4.99 Å². The maximum Gasteiger partial charge on any atom is 0.242 e. The highest BCUT2D eigenvalue weighted by molar-refractivity contribution is 8.15. The highest BCUT2D eigenvalue weighted by Gasteiger charge is 2.39. The van der Waals surface area contributed by atoms with E-state index in [-0.39, 0.29) is 18.2 Å². The lowest BCUT2D eigenvalue weighted by Crippen LogP contribution is -2.35. The van der Waals surface area contributed by atoms with Crippen molar-refractivity contribution in [3.05, 3.63) is 94.6 Å². The Labute approximate surface area is 222 Å². The third kappa shape index (κ3) is 5.43. The molecule has 1 aromatic heterocycles. The molecule has 0 bridgehead atoms. The Morgan fingerprint density at radius 2 is 1.83 bits per heavy atom. The predicted octanol–water partition coefficient (Wildman–Crippen LogP) is 6.68. The number of carbonyl (C=O) groups excluding carboxylic acids is 2. The number of amidine groups is 1. The van der Waals surface area contributed by atoms with Gasteiger partial charge in [-0.3, -0.25) is 14.5 Å². The normalized spacial score (nSPS) is 16.7. The molecule has 5 rings (SSSR count). The quantitative estimate of drug-likeness (QED) is 0.276. The van der Waals surface area contributed by atoms with Gasteiger partial charge in [0, 0.05) is 40.8 Å². The van der Waals surface area contributed by atoms with E-state index in [9.17, 15) is 9.59 Å². The van der Waals surface area contributed by atoms with Crippen molar-refractivity contribution in [1.82, 2.24) is 9.88 Å². The smallest absolute Gasteiger partial charge is 0.242 e. The molecule has 2 N–H and O–H groups in total. The van der Waals surface area contributed by atoms with E-state index in [1.807, 2.05) is 66.9 Å². The van der Waals surface area contributed by atoms with Crippen molar-refractivity contribution >= 4 is 74.2 Å². The fourth-order valence-corrected chi connectivity index (χ4v) is 5.59. The number of aliphatic imine (C=N–C) groups is 1. The lowest BCUT2D eigenvalue weighted by atomic mass is 10.1. The molecule has 1 saturated heterocycles. The van der Waals surface area contributed by atoms with Gasteiger partial charge in [0.05, 0.1) is 10.7 Å². The van der Waals surface area contributed by atoms with Crippen LogP contribution in [0.5, 0.6) is 0 Å². The number of nitrogens with one attached hydrogen (secondary N) is 2. The summed E-state index contributed by atoms with van der Waals surface area (Å²) in [7, 11) is 0. The third-order valence-electron chi connectivity index (χ3n) is 5.85. The van der Waals surface area contributed by atoms with Crippen LogP contribution >= 0.6 is 35.0 Å². The summed E-state index contributed by atoms with van der Waals surface area (Å²) in [5.41, 5.74) is 3.30. The number of fused-ring (bicyclic) bond motifs is 1. The van der Waals surface area contributed by atoms with Crippen LogP contribution in [0, 0.1) is 0 Å². The molecule has 0 saturated carbocycles. The summed E-state index contributed by atoms with van der Waals surface area (Å²) >= 11 is 13.8. The number of hydrogen-bond donors (Lipinski definition) is 2. The lowest BCUT2D eigenvalue weighted by molar-refractivity contribution is -0.128. The first-order valence-electron chi connectivity index (χ1n) is 11.4. The maximum atomic E-state index is 13.4. The molecule has 1 aliphatic rings. The minimum Gasteiger partial charge on any atom is -0.361 e. The Hall–Kier alpha value is -3.26. The molecule has 3 aromatic carbocycles. The van der Waals surface area contributed by atoms with Crippen molar-refractivity contribution < 1.29 is 9.59 Å². The molecule has 0 unspecified atom stereocenters. The molecule has 0 radical (unpaired) electrons. The van der Waals surface area contributed by atoms with Crippen LogP contribution in [0.15, 0.2) is 84.0 Å². The van der Waals surface area contributed by atoms with Gasteiger partial charge in [-0.2, -0.15) is 0 Å². The Balaban J connectivity index is 1.37. The van der Waals surface area contributed by atoms with Crippen LogP contribution in [0.1, 0.15) is 12.0 Å². The van der Waals surface area contributed by atoms with E-state index in [1.54, 1.807) is 17.0 Å². The summed E-state index contributed by atoms with van der Waals surface area (Å²) in [4.78, 5) is 35.7. The zero-order valence-electron chi connectivity index (χ0n) is 19.1. The molecule has 4 aromatic rings. The highest BCUT2D eigenvalue weighted by Crippen LogP contribution is 2.34. The van der Waals surface area contributed by atoms with Gasteiger partial charge in [0.25, 0.3) is 0 Å². The van der Waals surface area contributed by atoms with Gasteiger partial charge >= 0.3 is 0 Å². The molecule has 36 heavy (non-hydrogen) atoms. The number of H-pyrrole nitrogens is 1. The second-order valence-corrected chi connectivity index (χ2v) is 10.3. The average molecular weight is 537 g/mol. The van der Waals surface area contributed by atoms with Crippen LogP contribution in [0.2, 0.25) is 10.0 Å². The van der Waals surface area contributed by atoms with E-state index in [2.05, 4.69) is 10.3 Å². The van der Waals surface area contributed by atoms with E-state index in [1.165, 1.54) is 11.8 Å². The molecule has 182 valence electrons. The van der Waals surface area contributed by atoms with Gasteiger partial charge in [0.15, 0.2) is 5.17 Å². The van der Waals surface area contributed by atoms with Crippen LogP contribution in [-0.2, 0) is 16.0 Å². The lowest BCUT2D eigenvalue weighted by Gasteiger charge is -2.16. The summed E-state index contributed by atoms with van der Waals surface area (Å²) in [6, 6.07) is 22.1. The van der Waals surface area contributed by atoms with Crippen LogP contribution < -0.4 is 5.32 Å². The molecule has 1 aliphatic heterocycles. The van der Waals surface area contributed by atoms with E-state index in [4.69, 9.17) is 28.2 Å². The fraction of sp³-hybridized carbons (Fsp3) is 0.148. The number of halogens is 2. The number of benzene rings is 3. The molecular weight excluding hydrogens is 515 g/mol. The van der Waals surface area contributed by atoms with E-state index >= 15 is 0 Å². The van der Waals surface area contributed by atoms with Crippen LogP contribution in [-0.4, -0.2) is 38.7 Å². The average Bonchev–Trinajstić information content (AvgIpc) is 3.39. The highest BCUT2D eigenvalue weighted by atomic mass is 35.5. The summed E-state index contributed by atoms with van der Waals surface area (Å²) in [6.45, 7) is 0.408. The van der Waals surface area contributed by atoms with E-state index in [0.717, 1.165) is 16.5 Å². The summed E-state index contributed by atoms with van der Waals surface area (Å²) in [5.74, 6) is -0.371. The first kappa shape index (κ1) is 24.4. The van der Waals surface area contributed by atoms with Gasteiger partial charge in [0.2, 0.25) is 11.8 Å². The van der Waals surface area contributed by atoms with Gasteiger partial charge in [-0.1, -0.05) is 65.3 Å². The number of nitrogens with zero attached hydrogens (tertiary/aromatic N) is 2. The van der Waals surface area contributed by atoms with Gasteiger partial charge in [0.1, 0.15) is 5.25 Å². The summed E-state index contributed by atoms with van der Waals surface area (Å²) in [5, 5.41) is 4.98. The zero-order chi connectivity index (χ0) is 25.1. The number of aromatic nitrogens is 1. The molecule has 2 amide bonds. The Morgan fingerprint density at radius 3 is 2.64 bits per heavy atom. The number of thioether (sulfide) groups is 1. The topological polar surface area (TPSA) is 77.6 Å². The van der Waals surface area contributed by atoms with Gasteiger partial charge < -0.3 is 10.3 Å². The monoisotopic (exact) mass is 536 g/mol. The largest absolute Gasteiger partial charge is 0.361 e. The van der Waals surface area contributed by atoms with Crippen molar-refractivity contribution in [2.75, 3.05) is 11.9 Å². The van der Waals surface area contributed by atoms with Crippen LogP contribution in [0.4, 0.5) is 11.4 Å². The molecule has 0 aliphatic carbocycles. The SMILES string of the molecule is O=C(C[C@H]1SC(=Nc2ccccc2Cl)N(CCc2c[nH]c3ccc(Cl)cc23)C1=O)Nc1ccccc1. The minimum atomic E-state index is -0.577. The minimum absolute atomic E-state index is 0.0408. The number of rotatable bonds is 7. The molecule has 0 spiro atoms. The van der Waals surface area contributed by atoms with Crippen molar-refractivity contribution in [3.63, 3.8) is 0 Å². The Kier molecular flexibility index (Phi) is 7.32. The zero-order valence-corrected chi connectivity index (χ0v) is 21.4. The maximum absolute atomic E-state index is 13.4. The van der Waals surface area contributed by atoms with Crippen molar-refractivity contribution in [1.29, 1.82) is 0 Å². The van der Waals surface area contributed by atoms with E-state index < -0.39 is 5.25 Å². The van der Waals surface area contributed by atoms with Gasteiger partial charge in [-0.15, -0.1) is 0 Å². The summed E-state index contributed by atoms with van der Waals surface area (Å²) in [6.07, 6.45) is 2.57. The molecule has 9 heteroatoms. The predicted molar refractivity (Wildman–Crippen MR) is 148 cm³/mol. The number of hydrogen-bond acceptors (Lipinski definition) is 4. The Bertz CT molecular complexity index is 1450. The van der Waals surface area contributed by atoms with Gasteiger partial charge in [-0.05, 0) is 54.4 Å². The second-order valence-electron chi connectivity index (χ2n) is 8.31. The number of aromatic amines is 1. The molecule has 1 fully saturated rings. The third-order valence-corrected chi connectivity index (χ3v) is 7.58. The van der Waals surface area contributed by atoms with Crippen LogP contribution in [0.3, 0.4) is 0 Å². The molecule has 6 nitrogen and oxygen atoms in total. The van der Waals surface area contributed by atoms with E-state index in [0.29, 0.717) is 39.6 Å². The Morgan fingerprint density at radius 1 is 1.06 bits per heavy atom. The number of amides is 2. The molecule has 2 heterocycles. The molecular formula is C27H22Cl2N4O2S. The van der Waals surface area contributed by atoms with Crippen molar-refractivity contribution in [2.24, 2.45) is 4.99 Å². The second kappa shape index (κ2) is 10.8. The summed E-state index contributed by atoms with van der Waals surface area (Å²) < 4.78 is 0. The standard InChI is InChI=1S/C27H22Cl2N4O2S/c28-18-10-11-22-20(14-18)17(16-30-22)12-13-33-26(35)24(15-25(34)31-19-6-2-1-3-7-19)36-27(33)32-23-9-5-4-8-21(23)29/h1-11,14,16,24,30H,12-13,15H2,(H,31,34)/t24-/m1/s1. The van der Waals surface area contributed by atoms with Crippen molar-refractivity contribution in [3.8, 4) is 0 Å². The molecule has 1 atom stereocenters. The fourth-order valence-electron chi connectivity index (χ4n) is 4.07.